The van der Waals surface area contributed by atoms with E-state index in [4.69, 9.17) is 9.72 Å². The molecule has 6 nitrogen and oxygen atoms in total. The number of aryl methyl sites for hydroxylation is 1. The third kappa shape index (κ3) is 6.64. The molecule has 0 aliphatic carbocycles. The predicted octanol–water partition coefficient (Wildman–Crippen LogP) is 6.01. The molecule has 0 radical (unpaired) electrons. The van der Waals surface area contributed by atoms with Crippen molar-refractivity contribution in [1.82, 2.24) is 20.1 Å². The van der Waals surface area contributed by atoms with E-state index in [2.05, 4.69) is 41.4 Å². The number of piperidine rings is 1. The van der Waals surface area contributed by atoms with Crippen molar-refractivity contribution in [1.29, 1.82) is 0 Å². The van der Waals surface area contributed by atoms with Crippen LogP contribution in [0.15, 0.2) is 78.9 Å². The Morgan fingerprint density at radius 2 is 1.77 bits per heavy atom. The van der Waals surface area contributed by atoms with Crippen LogP contribution in [-0.4, -0.2) is 61.0 Å². The van der Waals surface area contributed by atoms with Crippen LogP contribution in [0, 0.1) is 6.92 Å². The molecule has 1 aliphatic rings. The minimum atomic E-state index is -0.0366. The summed E-state index contributed by atoms with van der Waals surface area (Å²) in [6, 6.07) is 25.7. The van der Waals surface area contributed by atoms with Gasteiger partial charge in [0.25, 0.3) is 5.91 Å². The van der Waals surface area contributed by atoms with Gasteiger partial charge in [0.05, 0.1) is 5.52 Å². The van der Waals surface area contributed by atoms with Crippen LogP contribution >= 0.6 is 0 Å². The lowest BCUT2D eigenvalue weighted by molar-refractivity contribution is 0.0785. The second-order valence-corrected chi connectivity index (χ2v) is 10.6. The van der Waals surface area contributed by atoms with Gasteiger partial charge >= 0.3 is 0 Å². The SMILES string of the molecule is CNCCN1CCC(c2cc(CN(C)C(=O)c3cccc(Oc4ccccc4)c3)c3cc(C)ccc3n2)CC1. The summed E-state index contributed by atoms with van der Waals surface area (Å²) in [5, 5.41) is 4.37. The molecule has 0 unspecified atom stereocenters. The van der Waals surface area contributed by atoms with Crippen molar-refractivity contribution >= 4 is 16.8 Å². The summed E-state index contributed by atoms with van der Waals surface area (Å²) in [6.45, 7) is 6.90. The summed E-state index contributed by atoms with van der Waals surface area (Å²) >= 11 is 0. The topological polar surface area (TPSA) is 57.7 Å². The minimum absolute atomic E-state index is 0.0366. The Hall–Kier alpha value is -3.74. The number of fused-ring (bicyclic) bond motifs is 1. The van der Waals surface area contributed by atoms with Crippen molar-refractivity contribution < 1.29 is 9.53 Å². The molecule has 39 heavy (non-hydrogen) atoms. The van der Waals surface area contributed by atoms with Crippen LogP contribution < -0.4 is 10.1 Å². The smallest absolute Gasteiger partial charge is 0.254 e. The Balaban J connectivity index is 1.35. The molecule has 0 spiro atoms. The number of rotatable bonds is 9. The van der Waals surface area contributed by atoms with Crippen molar-refractivity contribution in [3.05, 3.63) is 101 Å². The van der Waals surface area contributed by atoms with E-state index in [-0.39, 0.29) is 5.91 Å². The number of carbonyl (C=O) groups excluding carboxylic acids is 1. The lowest BCUT2D eigenvalue weighted by Crippen LogP contribution is -2.37. The second kappa shape index (κ2) is 12.4. The number of hydrogen-bond donors (Lipinski definition) is 1. The molecule has 1 aliphatic heterocycles. The molecule has 3 aromatic carbocycles. The number of hydrogen-bond acceptors (Lipinski definition) is 5. The monoisotopic (exact) mass is 522 g/mol. The summed E-state index contributed by atoms with van der Waals surface area (Å²) in [7, 11) is 3.88. The average molecular weight is 523 g/mol. The first kappa shape index (κ1) is 26.9. The zero-order valence-electron chi connectivity index (χ0n) is 23.2. The highest BCUT2D eigenvalue weighted by Gasteiger charge is 2.23. The van der Waals surface area contributed by atoms with Gasteiger partial charge in [-0.2, -0.15) is 0 Å². The first-order valence-electron chi connectivity index (χ1n) is 13.9. The van der Waals surface area contributed by atoms with Crippen molar-refractivity contribution in [3.8, 4) is 11.5 Å². The number of likely N-dealkylation sites (N-methyl/N-ethyl adjacent to an activating group) is 1. The van der Waals surface area contributed by atoms with Crippen LogP contribution in [0.4, 0.5) is 0 Å². The maximum Gasteiger partial charge on any atom is 0.254 e. The van der Waals surface area contributed by atoms with Gasteiger partial charge in [-0.05, 0) is 94.0 Å². The molecule has 4 aromatic rings. The molecular weight excluding hydrogens is 484 g/mol. The van der Waals surface area contributed by atoms with Crippen molar-refractivity contribution in [2.75, 3.05) is 40.3 Å². The standard InChI is InChI=1S/C33H38N4O2/c1-24-12-13-31-30(20-24)27(22-32(35-31)25-14-17-37(18-15-25)19-16-34-2)23-36(3)33(38)26-8-7-11-29(21-26)39-28-9-5-4-6-10-28/h4-13,20-22,25,34H,14-19,23H2,1-3H3. The molecule has 1 fully saturated rings. The highest BCUT2D eigenvalue weighted by molar-refractivity contribution is 5.94. The van der Waals surface area contributed by atoms with Crippen LogP contribution in [-0.2, 0) is 6.54 Å². The molecular formula is C33H38N4O2. The Kier molecular flexibility index (Phi) is 8.54. The Bertz CT molecular complexity index is 1410. The molecule has 2 heterocycles. The van der Waals surface area contributed by atoms with Crippen LogP contribution in [0.25, 0.3) is 10.9 Å². The molecule has 5 rings (SSSR count). The third-order valence-electron chi connectivity index (χ3n) is 7.57. The minimum Gasteiger partial charge on any atom is -0.457 e. The Morgan fingerprint density at radius 3 is 2.54 bits per heavy atom. The number of nitrogens with one attached hydrogen (secondary N) is 1. The lowest BCUT2D eigenvalue weighted by atomic mass is 9.91. The van der Waals surface area contributed by atoms with Gasteiger partial charge in [0, 0.05) is 49.2 Å². The van der Waals surface area contributed by atoms with E-state index >= 15 is 0 Å². The van der Waals surface area contributed by atoms with Gasteiger partial charge in [0.1, 0.15) is 11.5 Å². The Morgan fingerprint density at radius 1 is 1.00 bits per heavy atom. The fraction of sp³-hybridized carbons (Fsp3) is 0.333. The van der Waals surface area contributed by atoms with E-state index < -0.39 is 0 Å². The molecule has 1 amide bonds. The van der Waals surface area contributed by atoms with Gasteiger partial charge in [0.2, 0.25) is 0 Å². The molecule has 202 valence electrons. The number of ether oxygens (including phenoxy) is 1. The van der Waals surface area contributed by atoms with Gasteiger partial charge in [-0.25, -0.2) is 0 Å². The first-order valence-corrected chi connectivity index (χ1v) is 13.9. The largest absolute Gasteiger partial charge is 0.457 e. The maximum atomic E-state index is 13.5. The number of aromatic nitrogens is 1. The van der Waals surface area contributed by atoms with Gasteiger partial charge in [0.15, 0.2) is 0 Å². The molecule has 1 N–H and O–H groups in total. The molecule has 1 saturated heterocycles. The highest BCUT2D eigenvalue weighted by atomic mass is 16.5. The summed E-state index contributed by atoms with van der Waals surface area (Å²) < 4.78 is 5.96. The van der Waals surface area contributed by atoms with E-state index in [1.165, 1.54) is 5.56 Å². The van der Waals surface area contributed by atoms with E-state index in [1.807, 2.05) is 68.7 Å². The fourth-order valence-electron chi connectivity index (χ4n) is 5.36. The van der Waals surface area contributed by atoms with Crippen molar-refractivity contribution in [2.24, 2.45) is 0 Å². The number of carbonyl (C=O) groups is 1. The van der Waals surface area contributed by atoms with E-state index in [0.29, 0.717) is 23.8 Å². The van der Waals surface area contributed by atoms with Crippen molar-refractivity contribution in [2.45, 2.75) is 32.2 Å². The maximum absolute atomic E-state index is 13.5. The highest BCUT2D eigenvalue weighted by Crippen LogP contribution is 2.31. The Labute approximate surface area is 231 Å². The number of benzene rings is 3. The summed E-state index contributed by atoms with van der Waals surface area (Å²) in [6.07, 6.45) is 2.22. The zero-order chi connectivity index (χ0) is 27.2. The molecule has 0 saturated carbocycles. The second-order valence-electron chi connectivity index (χ2n) is 10.6. The summed E-state index contributed by atoms with van der Waals surface area (Å²) in [5.74, 6) is 1.79. The van der Waals surface area contributed by atoms with Gasteiger partial charge < -0.3 is 19.9 Å². The molecule has 6 heteroatoms. The van der Waals surface area contributed by atoms with Gasteiger partial charge in [-0.1, -0.05) is 35.9 Å². The quantitative estimate of drug-likeness (QED) is 0.292. The zero-order valence-corrected chi connectivity index (χ0v) is 23.2. The predicted molar refractivity (Wildman–Crippen MR) is 158 cm³/mol. The number of nitrogens with zero attached hydrogens (tertiary/aromatic N) is 3. The van der Waals surface area contributed by atoms with Crippen LogP contribution in [0.2, 0.25) is 0 Å². The molecule has 0 atom stereocenters. The lowest BCUT2D eigenvalue weighted by Gasteiger charge is -2.32. The van der Waals surface area contributed by atoms with Crippen LogP contribution in [0.5, 0.6) is 11.5 Å². The average Bonchev–Trinajstić information content (AvgIpc) is 2.96. The van der Waals surface area contributed by atoms with Gasteiger partial charge in [-0.15, -0.1) is 0 Å². The van der Waals surface area contributed by atoms with Crippen molar-refractivity contribution in [3.63, 3.8) is 0 Å². The van der Waals surface area contributed by atoms with E-state index in [9.17, 15) is 4.79 Å². The first-order chi connectivity index (χ1) is 19.0. The van der Waals surface area contributed by atoms with E-state index in [0.717, 1.165) is 66.9 Å². The summed E-state index contributed by atoms with van der Waals surface area (Å²) in [4.78, 5) is 22.9. The molecule has 0 bridgehead atoms. The third-order valence-corrected chi connectivity index (χ3v) is 7.57. The van der Waals surface area contributed by atoms with E-state index in [1.54, 1.807) is 4.90 Å². The summed E-state index contributed by atoms with van der Waals surface area (Å²) in [5.41, 5.74) is 5.09. The number of para-hydroxylation sites is 1. The number of likely N-dealkylation sites (tertiary alicyclic amines) is 1. The normalized spacial score (nSPS) is 14.4. The van der Waals surface area contributed by atoms with Crippen LogP contribution in [0.1, 0.15) is 45.9 Å². The molecule has 1 aromatic heterocycles. The van der Waals surface area contributed by atoms with Gasteiger partial charge in [-0.3, -0.25) is 9.78 Å². The number of pyridine rings is 1. The number of amides is 1. The van der Waals surface area contributed by atoms with Crippen LogP contribution in [0.3, 0.4) is 0 Å². The fourth-order valence-corrected chi connectivity index (χ4v) is 5.36.